The van der Waals surface area contributed by atoms with E-state index in [1.165, 1.54) is 6.07 Å². The molecule has 0 amide bonds. The molecule has 0 aliphatic rings. The Bertz CT molecular complexity index is 521. The smallest absolute Gasteiger partial charge is 0.189 e. The van der Waals surface area contributed by atoms with E-state index in [1.54, 1.807) is 6.92 Å². The molecule has 0 aliphatic heterocycles. The molecule has 0 atom stereocenters. The molecule has 0 unspecified atom stereocenters. The van der Waals surface area contributed by atoms with Gasteiger partial charge in [-0.25, -0.2) is 0 Å². The SMILES string of the molecule is Cc1cc(Cl)nn2c(C(F)(F)Br)nnc12. The molecule has 80 valence electrons. The number of alkyl halides is 3. The van der Waals surface area contributed by atoms with Crippen LogP contribution in [0.3, 0.4) is 0 Å². The number of nitrogens with zero attached hydrogens (tertiary/aromatic N) is 4. The maximum Gasteiger partial charge on any atom is 0.361 e. The van der Waals surface area contributed by atoms with Gasteiger partial charge in [0.25, 0.3) is 0 Å². The normalized spacial score (nSPS) is 12.3. The average Bonchev–Trinajstić information content (AvgIpc) is 2.45. The molecule has 2 aromatic rings. The van der Waals surface area contributed by atoms with E-state index in [2.05, 4.69) is 31.2 Å². The molecule has 0 saturated carbocycles. The van der Waals surface area contributed by atoms with E-state index >= 15 is 0 Å². The van der Waals surface area contributed by atoms with Gasteiger partial charge in [0.1, 0.15) is 0 Å². The van der Waals surface area contributed by atoms with Gasteiger partial charge < -0.3 is 0 Å². The Balaban J connectivity index is 2.80. The molecule has 0 fully saturated rings. The zero-order chi connectivity index (χ0) is 11.2. The van der Waals surface area contributed by atoms with E-state index in [9.17, 15) is 8.78 Å². The summed E-state index contributed by atoms with van der Waals surface area (Å²) in [5, 5.41) is 10.8. The average molecular weight is 297 g/mol. The first kappa shape index (κ1) is 10.7. The molecule has 2 aromatic heterocycles. The predicted molar refractivity (Wildman–Crippen MR) is 53.4 cm³/mol. The Kier molecular flexibility index (Phi) is 2.38. The molecule has 2 heterocycles. The fourth-order valence-electron chi connectivity index (χ4n) is 1.16. The highest BCUT2D eigenvalue weighted by Crippen LogP contribution is 2.33. The van der Waals surface area contributed by atoms with Crippen LogP contribution >= 0.6 is 27.5 Å². The van der Waals surface area contributed by atoms with Gasteiger partial charge in [0.2, 0.25) is 5.82 Å². The summed E-state index contributed by atoms with van der Waals surface area (Å²) in [7, 11) is 0. The van der Waals surface area contributed by atoms with Crippen molar-refractivity contribution in [1.29, 1.82) is 0 Å². The third-order valence-electron chi connectivity index (χ3n) is 1.78. The second-order valence-corrected chi connectivity index (χ2v) is 4.29. The number of aromatic nitrogens is 4. The van der Waals surface area contributed by atoms with Crippen LogP contribution in [0.5, 0.6) is 0 Å². The quantitative estimate of drug-likeness (QED) is 0.760. The van der Waals surface area contributed by atoms with Crippen LogP contribution in [0.4, 0.5) is 8.78 Å². The van der Waals surface area contributed by atoms with Crippen LogP contribution in [-0.2, 0) is 4.83 Å². The molecule has 0 bridgehead atoms. The Morgan fingerprint density at radius 3 is 2.73 bits per heavy atom. The summed E-state index contributed by atoms with van der Waals surface area (Å²) in [5.41, 5.74) is 0.888. The fourth-order valence-corrected chi connectivity index (χ4v) is 1.65. The van der Waals surface area contributed by atoms with Crippen molar-refractivity contribution in [2.45, 2.75) is 11.8 Å². The van der Waals surface area contributed by atoms with Crippen LogP contribution in [0.15, 0.2) is 6.07 Å². The summed E-state index contributed by atoms with van der Waals surface area (Å²) in [6, 6.07) is 1.53. The maximum absolute atomic E-state index is 13.0. The second-order valence-electron chi connectivity index (χ2n) is 2.91. The van der Waals surface area contributed by atoms with Crippen molar-refractivity contribution in [3.63, 3.8) is 0 Å². The lowest BCUT2D eigenvalue weighted by Gasteiger charge is -2.05. The first-order valence-electron chi connectivity index (χ1n) is 3.85. The van der Waals surface area contributed by atoms with Crippen molar-refractivity contribution >= 4 is 33.2 Å². The van der Waals surface area contributed by atoms with E-state index in [1.807, 2.05) is 0 Å². The first-order valence-corrected chi connectivity index (χ1v) is 5.02. The molecular weight excluding hydrogens is 293 g/mol. The van der Waals surface area contributed by atoms with Crippen LogP contribution in [-0.4, -0.2) is 19.8 Å². The van der Waals surface area contributed by atoms with Gasteiger partial charge in [0.05, 0.1) is 0 Å². The molecule has 4 nitrogen and oxygen atoms in total. The van der Waals surface area contributed by atoms with Crippen LogP contribution in [0, 0.1) is 6.92 Å². The predicted octanol–water partition coefficient (Wildman–Crippen LogP) is 2.53. The van der Waals surface area contributed by atoms with E-state index in [0.29, 0.717) is 5.56 Å². The minimum Gasteiger partial charge on any atom is -0.189 e. The van der Waals surface area contributed by atoms with Gasteiger partial charge in [-0.15, -0.1) is 10.2 Å². The van der Waals surface area contributed by atoms with Gasteiger partial charge in [-0.2, -0.15) is 18.4 Å². The van der Waals surface area contributed by atoms with Gasteiger partial charge in [-0.3, -0.25) is 0 Å². The molecule has 0 radical (unpaired) electrons. The lowest BCUT2D eigenvalue weighted by molar-refractivity contribution is 0.101. The number of hydrogen-bond donors (Lipinski definition) is 0. The largest absolute Gasteiger partial charge is 0.361 e. The molecule has 2 rings (SSSR count). The highest BCUT2D eigenvalue weighted by Gasteiger charge is 2.34. The highest BCUT2D eigenvalue weighted by atomic mass is 79.9. The number of hydrogen-bond acceptors (Lipinski definition) is 3. The molecule has 0 spiro atoms. The van der Waals surface area contributed by atoms with Gasteiger partial charge in [0, 0.05) is 0 Å². The molecule has 8 heteroatoms. The van der Waals surface area contributed by atoms with Crippen LogP contribution in [0.25, 0.3) is 5.65 Å². The lowest BCUT2D eigenvalue weighted by Crippen LogP contribution is -2.11. The van der Waals surface area contributed by atoms with E-state index in [0.717, 1.165) is 4.52 Å². The first-order chi connectivity index (χ1) is 6.89. The van der Waals surface area contributed by atoms with Gasteiger partial charge >= 0.3 is 4.83 Å². The number of rotatable bonds is 1. The van der Waals surface area contributed by atoms with Crippen molar-refractivity contribution in [2.24, 2.45) is 0 Å². The summed E-state index contributed by atoms with van der Waals surface area (Å²) in [5.74, 6) is -0.594. The Morgan fingerprint density at radius 2 is 2.13 bits per heavy atom. The monoisotopic (exact) mass is 296 g/mol. The summed E-state index contributed by atoms with van der Waals surface area (Å²) in [4.78, 5) is -3.28. The van der Waals surface area contributed by atoms with Gasteiger partial charge in [-0.05, 0) is 34.5 Å². The molecular formula is C7H4BrClF2N4. The lowest BCUT2D eigenvalue weighted by atomic mass is 10.3. The summed E-state index contributed by atoms with van der Waals surface area (Å²) >= 11 is 7.85. The van der Waals surface area contributed by atoms with Crippen LogP contribution in [0.1, 0.15) is 11.4 Å². The van der Waals surface area contributed by atoms with E-state index < -0.39 is 10.7 Å². The molecule has 0 N–H and O–H groups in total. The van der Waals surface area contributed by atoms with Crippen LogP contribution in [0.2, 0.25) is 5.15 Å². The van der Waals surface area contributed by atoms with Gasteiger partial charge in [-0.1, -0.05) is 11.6 Å². The molecule has 0 aromatic carbocycles. The Labute approximate surface area is 96.4 Å². The zero-order valence-corrected chi connectivity index (χ0v) is 9.72. The van der Waals surface area contributed by atoms with E-state index in [-0.39, 0.29) is 10.8 Å². The summed E-state index contributed by atoms with van der Waals surface area (Å²) < 4.78 is 26.9. The summed E-state index contributed by atoms with van der Waals surface area (Å²) in [6.07, 6.45) is 0. The minimum atomic E-state index is -3.28. The topological polar surface area (TPSA) is 43.1 Å². The number of aryl methyl sites for hydroxylation is 1. The zero-order valence-electron chi connectivity index (χ0n) is 7.38. The molecule has 15 heavy (non-hydrogen) atoms. The summed E-state index contributed by atoms with van der Waals surface area (Å²) in [6.45, 7) is 1.69. The maximum atomic E-state index is 13.0. The van der Waals surface area contributed by atoms with Crippen LogP contribution < -0.4 is 0 Å². The van der Waals surface area contributed by atoms with Crippen molar-refractivity contribution < 1.29 is 8.78 Å². The number of fused-ring (bicyclic) bond motifs is 1. The minimum absolute atomic E-state index is 0.109. The van der Waals surface area contributed by atoms with E-state index in [4.69, 9.17) is 11.6 Å². The van der Waals surface area contributed by atoms with Crippen molar-refractivity contribution in [3.8, 4) is 0 Å². The van der Waals surface area contributed by atoms with Crippen molar-refractivity contribution in [1.82, 2.24) is 19.8 Å². The second kappa shape index (κ2) is 3.34. The third-order valence-corrected chi connectivity index (χ3v) is 2.32. The molecule has 0 saturated heterocycles. The fraction of sp³-hybridized carbons (Fsp3) is 0.286. The third kappa shape index (κ3) is 1.81. The Morgan fingerprint density at radius 1 is 1.47 bits per heavy atom. The highest BCUT2D eigenvalue weighted by molar-refractivity contribution is 9.09. The van der Waals surface area contributed by atoms with Crippen molar-refractivity contribution in [2.75, 3.05) is 0 Å². The standard InChI is InChI=1S/C7H4BrClF2N4/c1-3-2-4(9)14-15-5(3)12-13-6(15)7(8,10)11/h2H,1H3. The number of halogens is 4. The Hall–Kier alpha value is -0.820. The van der Waals surface area contributed by atoms with Gasteiger partial charge in [0.15, 0.2) is 10.8 Å². The molecule has 0 aliphatic carbocycles. The van der Waals surface area contributed by atoms with Crippen molar-refractivity contribution in [3.05, 3.63) is 22.6 Å².